The van der Waals surface area contributed by atoms with Gasteiger partial charge in [-0.1, -0.05) is 43.7 Å². The van der Waals surface area contributed by atoms with E-state index < -0.39 is 5.97 Å². The van der Waals surface area contributed by atoms with E-state index in [4.69, 9.17) is 0 Å². The number of unbranched alkanes of at least 4 members (excludes halogenated alkanes) is 1. The van der Waals surface area contributed by atoms with Crippen LogP contribution < -0.4 is 0 Å². The second kappa shape index (κ2) is 5.78. The first-order chi connectivity index (χ1) is 8.72. The number of aryl methyl sites for hydroxylation is 1. The highest BCUT2D eigenvalue weighted by Crippen LogP contribution is 2.28. The molecule has 0 unspecified atom stereocenters. The standard InChI is InChI=1S/C14H15NO2S/c1-2-3-9-11-12(14(16)17)18-13(15-11)10-7-5-4-6-8-10/h4-8H,2-3,9H2,1H3,(H,16,17). The van der Waals surface area contributed by atoms with Crippen molar-refractivity contribution < 1.29 is 9.90 Å². The summed E-state index contributed by atoms with van der Waals surface area (Å²) in [6.07, 6.45) is 2.75. The van der Waals surface area contributed by atoms with Gasteiger partial charge in [-0.25, -0.2) is 9.78 Å². The van der Waals surface area contributed by atoms with Crippen LogP contribution in [0.15, 0.2) is 30.3 Å². The summed E-state index contributed by atoms with van der Waals surface area (Å²) in [4.78, 5) is 16.1. The van der Waals surface area contributed by atoms with Crippen molar-refractivity contribution >= 4 is 17.3 Å². The third-order valence-electron chi connectivity index (χ3n) is 2.68. The van der Waals surface area contributed by atoms with Crippen LogP contribution in [-0.4, -0.2) is 16.1 Å². The van der Waals surface area contributed by atoms with E-state index in [0.717, 1.165) is 29.8 Å². The van der Waals surface area contributed by atoms with E-state index in [0.29, 0.717) is 10.6 Å². The molecule has 0 aliphatic carbocycles. The second-order valence-electron chi connectivity index (χ2n) is 4.07. The smallest absolute Gasteiger partial charge is 0.347 e. The molecular weight excluding hydrogens is 246 g/mol. The van der Waals surface area contributed by atoms with Crippen LogP contribution in [0.25, 0.3) is 10.6 Å². The molecule has 0 saturated heterocycles. The lowest BCUT2D eigenvalue weighted by molar-refractivity contribution is 0.0700. The van der Waals surface area contributed by atoms with E-state index in [1.165, 1.54) is 11.3 Å². The van der Waals surface area contributed by atoms with Gasteiger partial charge in [0, 0.05) is 5.56 Å². The highest BCUT2D eigenvalue weighted by molar-refractivity contribution is 7.17. The van der Waals surface area contributed by atoms with Crippen molar-refractivity contribution in [3.05, 3.63) is 40.9 Å². The molecular formula is C14H15NO2S. The summed E-state index contributed by atoms with van der Waals surface area (Å²) in [5.74, 6) is -0.874. The van der Waals surface area contributed by atoms with E-state index >= 15 is 0 Å². The fourth-order valence-corrected chi connectivity index (χ4v) is 2.69. The maximum absolute atomic E-state index is 11.2. The van der Waals surface area contributed by atoms with E-state index in [-0.39, 0.29) is 0 Å². The van der Waals surface area contributed by atoms with Gasteiger partial charge in [-0.15, -0.1) is 11.3 Å². The monoisotopic (exact) mass is 261 g/mol. The first-order valence-corrected chi connectivity index (χ1v) is 6.82. The molecule has 0 radical (unpaired) electrons. The SMILES string of the molecule is CCCCc1nc(-c2ccccc2)sc1C(=O)O. The number of hydrogen-bond donors (Lipinski definition) is 1. The van der Waals surface area contributed by atoms with Gasteiger partial charge in [-0.05, 0) is 12.8 Å². The molecule has 1 heterocycles. The zero-order chi connectivity index (χ0) is 13.0. The molecule has 18 heavy (non-hydrogen) atoms. The average molecular weight is 261 g/mol. The predicted molar refractivity (Wildman–Crippen MR) is 73.1 cm³/mol. The Balaban J connectivity index is 2.36. The molecule has 1 aromatic heterocycles. The Morgan fingerprint density at radius 3 is 2.67 bits per heavy atom. The predicted octanol–water partition coefficient (Wildman–Crippen LogP) is 3.85. The van der Waals surface area contributed by atoms with Gasteiger partial charge in [0.25, 0.3) is 0 Å². The van der Waals surface area contributed by atoms with Crippen molar-refractivity contribution in [3.8, 4) is 10.6 Å². The number of hydrogen-bond acceptors (Lipinski definition) is 3. The molecule has 1 aromatic carbocycles. The Hall–Kier alpha value is -1.68. The number of rotatable bonds is 5. The molecule has 94 valence electrons. The van der Waals surface area contributed by atoms with Crippen molar-refractivity contribution in [1.29, 1.82) is 0 Å². The Morgan fingerprint density at radius 1 is 1.33 bits per heavy atom. The highest BCUT2D eigenvalue weighted by Gasteiger charge is 2.17. The largest absolute Gasteiger partial charge is 0.477 e. The lowest BCUT2D eigenvalue weighted by atomic mass is 10.2. The van der Waals surface area contributed by atoms with Gasteiger partial charge in [-0.2, -0.15) is 0 Å². The van der Waals surface area contributed by atoms with E-state index in [1.54, 1.807) is 0 Å². The minimum Gasteiger partial charge on any atom is -0.477 e. The van der Waals surface area contributed by atoms with Gasteiger partial charge in [0.2, 0.25) is 0 Å². The molecule has 2 aromatic rings. The Bertz CT molecular complexity index is 534. The molecule has 2 rings (SSSR count). The maximum atomic E-state index is 11.2. The van der Waals surface area contributed by atoms with Crippen LogP contribution in [0.5, 0.6) is 0 Å². The van der Waals surface area contributed by atoms with E-state index in [1.807, 2.05) is 30.3 Å². The summed E-state index contributed by atoms with van der Waals surface area (Å²) in [6.45, 7) is 2.09. The maximum Gasteiger partial charge on any atom is 0.347 e. The van der Waals surface area contributed by atoms with Crippen LogP contribution in [0.3, 0.4) is 0 Å². The molecule has 0 aliphatic heterocycles. The Morgan fingerprint density at radius 2 is 2.06 bits per heavy atom. The second-order valence-corrected chi connectivity index (χ2v) is 5.07. The first-order valence-electron chi connectivity index (χ1n) is 6.00. The number of aromatic carboxylic acids is 1. The molecule has 0 bridgehead atoms. The van der Waals surface area contributed by atoms with Crippen LogP contribution in [0.1, 0.15) is 35.1 Å². The molecule has 0 atom stereocenters. The summed E-state index contributed by atoms with van der Waals surface area (Å²) in [6, 6.07) is 9.71. The minimum atomic E-state index is -0.874. The summed E-state index contributed by atoms with van der Waals surface area (Å²) in [5, 5.41) is 9.99. The van der Waals surface area contributed by atoms with Crippen LogP contribution >= 0.6 is 11.3 Å². The fourth-order valence-electron chi connectivity index (χ4n) is 1.74. The summed E-state index contributed by atoms with van der Waals surface area (Å²) in [7, 11) is 0. The van der Waals surface area contributed by atoms with Crippen LogP contribution in [0.2, 0.25) is 0 Å². The average Bonchev–Trinajstić information content (AvgIpc) is 2.81. The van der Waals surface area contributed by atoms with Crippen molar-refractivity contribution in [3.63, 3.8) is 0 Å². The van der Waals surface area contributed by atoms with Gasteiger partial charge < -0.3 is 5.11 Å². The molecule has 1 N–H and O–H groups in total. The first kappa shape index (κ1) is 12.8. The minimum absolute atomic E-state index is 0.377. The molecule has 4 heteroatoms. The third kappa shape index (κ3) is 2.76. The van der Waals surface area contributed by atoms with Gasteiger partial charge >= 0.3 is 5.97 Å². The number of carboxylic acids is 1. The van der Waals surface area contributed by atoms with Crippen molar-refractivity contribution in [2.45, 2.75) is 26.2 Å². The molecule has 0 fully saturated rings. The Kier molecular flexibility index (Phi) is 4.10. The number of carbonyl (C=O) groups is 1. The number of thiazole rings is 1. The molecule has 0 saturated carbocycles. The number of aromatic nitrogens is 1. The highest BCUT2D eigenvalue weighted by atomic mass is 32.1. The molecule has 0 aliphatic rings. The van der Waals surface area contributed by atoms with E-state index in [2.05, 4.69) is 11.9 Å². The van der Waals surface area contributed by atoms with Gasteiger partial charge in [0.05, 0.1) is 5.69 Å². The normalized spacial score (nSPS) is 10.5. The zero-order valence-corrected chi connectivity index (χ0v) is 11.0. The summed E-state index contributed by atoms with van der Waals surface area (Å²) >= 11 is 1.26. The molecule has 0 spiro atoms. The number of nitrogens with zero attached hydrogens (tertiary/aromatic N) is 1. The van der Waals surface area contributed by atoms with Crippen molar-refractivity contribution in [2.75, 3.05) is 0 Å². The quantitative estimate of drug-likeness (QED) is 0.889. The van der Waals surface area contributed by atoms with Gasteiger partial charge in [-0.3, -0.25) is 0 Å². The third-order valence-corrected chi connectivity index (χ3v) is 3.81. The van der Waals surface area contributed by atoms with Crippen molar-refractivity contribution in [2.24, 2.45) is 0 Å². The van der Waals surface area contributed by atoms with Crippen LogP contribution in [0, 0.1) is 0 Å². The number of carboxylic acid groups (broad SMARTS) is 1. The molecule has 0 amide bonds. The summed E-state index contributed by atoms with van der Waals surface area (Å²) in [5.41, 5.74) is 1.70. The Labute approximate surface area is 110 Å². The van der Waals surface area contributed by atoms with Gasteiger partial charge in [0.15, 0.2) is 0 Å². The zero-order valence-electron chi connectivity index (χ0n) is 10.2. The van der Waals surface area contributed by atoms with E-state index in [9.17, 15) is 9.90 Å². The molecule has 3 nitrogen and oxygen atoms in total. The number of benzene rings is 1. The fraction of sp³-hybridized carbons (Fsp3) is 0.286. The van der Waals surface area contributed by atoms with Crippen LogP contribution in [0.4, 0.5) is 0 Å². The van der Waals surface area contributed by atoms with Crippen LogP contribution in [-0.2, 0) is 6.42 Å². The lowest BCUT2D eigenvalue weighted by Crippen LogP contribution is -1.98. The van der Waals surface area contributed by atoms with Crippen molar-refractivity contribution in [1.82, 2.24) is 4.98 Å². The lowest BCUT2D eigenvalue weighted by Gasteiger charge is -1.95. The summed E-state index contributed by atoms with van der Waals surface area (Å²) < 4.78 is 0. The van der Waals surface area contributed by atoms with Gasteiger partial charge in [0.1, 0.15) is 9.88 Å². The topological polar surface area (TPSA) is 50.2 Å².